The standard InChI is InChI=1S/C20H21NO7/c1-13(28-19(22)11-25-16-6-4-15(24-2)5-7-16)20(23)21-10-14-3-8-17-18(9-14)27-12-26-17/h3-9,13H,10-12H2,1-2H3,(H,21,23)/t13-/m1/s1. The molecule has 0 saturated carbocycles. The van der Waals surface area contributed by atoms with Gasteiger partial charge < -0.3 is 29.0 Å². The Kier molecular flexibility index (Phi) is 6.21. The minimum atomic E-state index is -0.944. The molecule has 1 atom stereocenters. The molecule has 0 aromatic heterocycles. The zero-order valence-electron chi connectivity index (χ0n) is 15.6. The molecule has 2 aromatic rings. The van der Waals surface area contributed by atoms with Gasteiger partial charge in [-0.05, 0) is 48.9 Å². The Balaban J connectivity index is 1.41. The van der Waals surface area contributed by atoms with Crippen LogP contribution in [0.1, 0.15) is 12.5 Å². The first kappa shape index (κ1) is 19.3. The van der Waals surface area contributed by atoms with Crippen molar-refractivity contribution < 1.29 is 33.3 Å². The third-order valence-electron chi connectivity index (χ3n) is 4.00. The first-order valence-electron chi connectivity index (χ1n) is 8.67. The smallest absolute Gasteiger partial charge is 0.344 e. The number of hydrogen-bond donors (Lipinski definition) is 1. The Morgan fingerprint density at radius 2 is 1.79 bits per heavy atom. The number of amides is 1. The number of ether oxygens (including phenoxy) is 5. The fourth-order valence-electron chi connectivity index (χ4n) is 2.48. The Bertz CT molecular complexity index is 835. The number of benzene rings is 2. The Morgan fingerprint density at radius 3 is 2.54 bits per heavy atom. The molecule has 1 aliphatic heterocycles. The summed E-state index contributed by atoms with van der Waals surface area (Å²) in [6, 6.07) is 12.2. The number of nitrogens with one attached hydrogen (secondary N) is 1. The second kappa shape index (κ2) is 8.98. The molecule has 0 saturated heterocycles. The van der Waals surface area contributed by atoms with Gasteiger partial charge in [0.15, 0.2) is 24.2 Å². The summed E-state index contributed by atoms with van der Waals surface area (Å²) in [7, 11) is 1.56. The molecule has 0 spiro atoms. The van der Waals surface area contributed by atoms with Crippen molar-refractivity contribution >= 4 is 11.9 Å². The summed E-state index contributed by atoms with van der Waals surface area (Å²) in [4.78, 5) is 24.0. The molecule has 0 unspecified atom stereocenters. The van der Waals surface area contributed by atoms with Gasteiger partial charge in [-0.2, -0.15) is 0 Å². The van der Waals surface area contributed by atoms with Crippen LogP contribution in [0.15, 0.2) is 42.5 Å². The first-order valence-corrected chi connectivity index (χ1v) is 8.67. The van der Waals surface area contributed by atoms with Gasteiger partial charge in [0.25, 0.3) is 5.91 Å². The van der Waals surface area contributed by atoms with Gasteiger partial charge in [-0.25, -0.2) is 4.79 Å². The minimum absolute atomic E-state index is 0.191. The van der Waals surface area contributed by atoms with Crippen molar-refractivity contribution in [2.45, 2.75) is 19.6 Å². The molecule has 1 N–H and O–H groups in total. The van der Waals surface area contributed by atoms with Crippen molar-refractivity contribution in [1.82, 2.24) is 5.32 Å². The van der Waals surface area contributed by atoms with E-state index in [9.17, 15) is 9.59 Å². The molecule has 0 radical (unpaired) electrons. The monoisotopic (exact) mass is 387 g/mol. The van der Waals surface area contributed by atoms with Crippen molar-refractivity contribution in [3.63, 3.8) is 0 Å². The number of rotatable bonds is 8. The summed E-state index contributed by atoms with van der Waals surface area (Å²) < 4.78 is 26.0. The van der Waals surface area contributed by atoms with Crippen LogP contribution < -0.4 is 24.3 Å². The molecule has 1 amide bonds. The van der Waals surface area contributed by atoms with Crippen LogP contribution in [-0.4, -0.2) is 38.5 Å². The molecule has 0 bridgehead atoms. The average molecular weight is 387 g/mol. The molecule has 148 valence electrons. The first-order chi connectivity index (χ1) is 13.5. The molecule has 1 aliphatic rings. The number of methoxy groups -OCH3 is 1. The van der Waals surface area contributed by atoms with Gasteiger partial charge in [0.05, 0.1) is 7.11 Å². The van der Waals surface area contributed by atoms with Gasteiger partial charge in [-0.15, -0.1) is 0 Å². The number of hydrogen-bond acceptors (Lipinski definition) is 7. The Morgan fingerprint density at radius 1 is 1.07 bits per heavy atom. The Hall–Kier alpha value is -3.42. The van der Waals surface area contributed by atoms with E-state index in [0.29, 0.717) is 23.0 Å². The zero-order valence-corrected chi connectivity index (χ0v) is 15.6. The summed E-state index contributed by atoms with van der Waals surface area (Å²) in [6.07, 6.45) is -0.944. The number of carbonyl (C=O) groups excluding carboxylic acids is 2. The van der Waals surface area contributed by atoms with Crippen LogP contribution in [-0.2, 0) is 20.9 Å². The molecule has 3 rings (SSSR count). The van der Waals surface area contributed by atoms with Crippen LogP contribution in [0.2, 0.25) is 0 Å². The van der Waals surface area contributed by atoms with Gasteiger partial charge in [0, 0.05) is 6.54 Å². The second-order valence-corrected chi connectivity index (χ2v) is 6.00. The maximum atomic E-state index is 12.1. The molecule has 28 heavy (non-hydrogen) atoms. The SMILES string of the molecule is COc1ccc(OCC(=O)O[C@H](C)C(=O)NCc2ccc3c(c2)OCO3)cc1. The molecule has 1 heterocycles. The molecule has 8 heteroatoms. The minimum Gasteiger partial charge on any atom is -0.497 e. The quantitative estimate of drug-likeness (QED) is 0.693. The Labute approximate surface area is 162 Å². The largest absolute Gasteiger partial charge is 0.497 e. The van der Waals surface area contributed by atoms with Crippen LogP contribution in [0.5, 0.6) is 23.0 Å². The lowest BCUT2D eigenvalue weighted by Gasteiger charge is -2.14. The van der Waals surface area contributed by atoms with E-state index >= 15 is 0 Å². The van der Waals surface area contributed by atoms with Crippen molar-refractivity contribution in [2.24, 2.45) is 0 Å². The lowest BCUT2D eigenvalue weighted by molar-refractivity contribution is -0.156. The van der Waals surface area contributed by atoms with Crippen molar-refractivity contribution in [2.75, 3.05) is 20.5 Å². The van der Waals surface area contributed by atoms with Gasteiger partial charge >= 0.3 is 5.97 Å². The molecule has 8 nitrogen and oxygen atoms in total. The third-order valence-corrected chi connectivity index (χ3v) is 4.00. The lowest BCUT2D eigenvalue weighted by atomic mass is 10.2. The van der Waals surface area contributed by atoms with Crippen molar-refractivity contribution in [3.8, 4) is 23.0 Å². The van der Waals surface area contributed by atoms with Gasteiger partial charge in [0.2, 0.25) is 6.79 Å². The fraction of sp³-hybridized carbons (Fsp3) is 0.300. The van der Waals surface area contributed by atoms with E-state index in [0.717, 1.165) is 5.56 Å². The van der Waals surface area contributed by atoms with E-state index < -0.39 is 18.0 Å². The highest BCUT2D eigenvalue weighted by atomic mass is 16.7. The predicted molar refractivity (Wildman–Crippen MR) is 98.5 cm³/mol. The number of esters is 1. The number of carbonyl (C=O) groups is 2. The lowest BCUT2D eigenvalue weighted by Crippen LogP contribution is -2.36. The highest BCUT2D eigenvalue weighted by Gasteiger charge is 2.19. The van der Waals surface area contributed by atoms with Gasteiger partial charge in [0.1, 0.15) is 11.5 Å². The van der Waals surface area contributed by atoms with E-state index in [1.807, 2.05) is 6.07 Å². The predicted octanol–water partition coefficient (Wildman–Crippen LogP) is 2.05. The summed E-state index contributed by atoms with van der Waals surface area (Å²) in [6.45, 7) is 1.67. The van der Waals surface area contributed by atoms with Gasteiger partial charge in [-0.3, -0.25) is 4.79 Å². The third kappa shape index (κ3) is 5.06. The van der Waals surface area contributed by atoms with Crippen LogP contribution >= 0.6 is 0 Å². The summed E-state index contributed by atoms with van der Waals surface area (Å²) in [5.74, 6) is 1.45. The normalized spacial score (nSPS) is 12.8. The van der Waals surface area contributed by atoms with E-state index in [1.54, 1.807) is 43.5 Å². The van der Waals surface area contributed by atoms with Crippen LogP contribution in [0.3, 0.4) is 0 Å². The highest BCUT2D eigenvalue weighted by Crippen LogP contribution is 2.32. The number of fused-ring (bicyclic) bond motifs is 1. The topological polar surface area (TPSA) is 92.3 Å². The maximum Gasteiger partial charge on any atom is 0.344 e. The maximum absolute atomic E-state index is 12.1. The van der Waals surface area contributed by atoms with E-state index in [2.05, 4.69) is 5.32 Å². The van der Waals surface area contributed by atoms with Crippen LogP contribution in [0.4, 0.5) is 0 Å². The second-order valence-electron chi connectivity index (χ2n) is 6.00. The molecule has 0 fully saturated rings. The average Bonchev–Trinajstić information content (AvgIpc) is 3.18. The molecular formula is C20H21NO7. The fourth-order valence-corrected chi connectivity index (χ4v) is 2.48. The van der Waals surface area contributed by atoms with E-state index in [-0.39, 0.29) is 19.9 Å². The molecule has 2 aromatic carbocycles. The summed E-state index contributed by atoms with van der Waals surface area (Å²) in [5, 5.41) is 2.71. The highest BCUT2D eigenvalue weighted by molar-refractivity contribution is 5.83. The zero-order chi connectivity index (χ0) is 19.9. The van der Waals surface area contributed by atoms with E-state index in [4.69, 9.17) is 23.7 Å². The van der Waals surface area contributed by atoms with Gasteiger partial charge in [-0.1, -0.05) is 6.07 Å². The molecule has 0 aliphatic carbocycles. The van der Waals surface area contributed by atoms with E-state index in [1.165, 1.54) is 6.92 Å². The molecular weight excluding hydrogens is 366 g/mol. The van der Waals surface area contributed by atoms with Crippen LogP contribution in [0, 0.1) is 0 Å². The van der Waals surface area contributed by atoms with Crippen molar-refractivity contribution in [1.29, 1.82) is 0 Å². The summed E-state index contributed by atoms with van der Waals surface area (Å²) >= 11 is 0. The summed E-state index contributed by atoms with van der Waals surface area (Å²) in [5.41, 5.74) is 0.846. The van der Waals surface area contributed by atoms with Crippen molar-refractivity contribution in [3.05, 3.63) is 48.0 Å². The van der Waals surface area contributed by atoms with Crippen LogP contribution in [0.25, 0.3) is 0 Å².